The van der Waals surface area contributed by atoms with Gasteiger partial charge in [0.05, 0.1) is 32.6 Å². The van der Waals surface area contributed by atoms with Gasteiger partial charge in [0.15, 0.2) is 5.76 Å². The van der Waals surface area contributed by atoms with Crippen LogP contribution in [0.1, 0.15) is 27.9 Å². The molecule has 1 atom stereocenters. The van der Waals surface area contributed by atoms with Crippen LogP contribution in [0, 0.1) is 6.92 Å². The van der Waals surface area contributed by atoms with E-state index in [2.05, 4.69) is 25.9 Å². The minimum Gasteiger partial charge on any atom is -0.496 e. The predicted molar refractivity (Wildman–Crippen MR) is 132 cm³/mol. The summed E-state index contributed by atoms with van der Waals surface area (Å²) in [7, 11) is 4.46. The minimum atomic E-state index is -0.825. The van der Waals surface area contributed by atoms with Crippen LogP contribution in [-0.4, -0.2) is 53.8 Å². The quantitative estimate of drug-likeness (QED) is 0.325. The molecule has 0 saturated carbocycles. The summed E-state index contributed by atoms with van der Waals surface area (Å²) in [6, 6.07) is 10.2. The maximum atomic E-state index is 12.9. The van der Waals surface area contributed by atoms with Crippen molar-refractivity contribution in [1.29, 1.82) is 0 Å². The number of hydrogen-bond donors (Lipinski definition) is 2. The molecule has 0 aliphatic heterocycles. The smallest absolute Gasteiger partial charge is 0.381 e. The molecule has 3 heterocycles. The summed E-state index contributed by atoms with van der Waals surface area (Å²) < 4.78 is 22.9. The lowest BCUT2D eigenvalue weighted by atomic mass is 10.1. The van der Waals surface area contributed by atoms with Gasteiger partial charge in [-0.15, -0.1) is 10.2 Å². The van der Waals surface area contributed by atoms with Crippen LogP contribution < -0.4 is 25.7 Å². The summed E-state index contributed by atoms with van der Waals surface area (Å²) in [5.74, 6) is -0.383. The van der Waals surface area contributed by atoms with E-state index in [0.29, 0.717) is 10.9 Å². The Balaban J connectivity index is 1.62. The topological polar surface area (TPSA) is 143 Å². The fraction of sp³-hybridized carbons (Fsp3) is 0.261. The predicted octanol–water partition coefficient (Wildman–Crippen LogP) is 3.05. The van der Waals surface area contributed by atoms with E-state index in [1.165, 1.54) is 13.2 Å². The number of aryl methyl sites for hydroxylation is 1. The fourth-order valence-corrected chi connectivity index (χ4v) is 4.25. The molecule has 4 rings (SSSR count). The number of para-hydroxylation sites is 1. The normalized spacial score (nSPS) is 11.7. The number of nitrogens with one attached hydrogen (secondary N) is 2. The molecule has 1 aromatic carbocycles. The van der Waals surface area contributed by atoms with Gasteiger partial charge in [0.1, 0.15) is 5.75 Å². The van der Waals surface area contributed by atoms with Crippen LogP contribution in [0.2, 0.25) is 0 Å². The van der Waals surface area contributed by atoms with Crippen molar-refractivity contribution >= 4 is 28.1 Å². The zero-order chi connectivity index (χ0) is 25.7. The molecule has 0 bridgehead atoms. The highest BCUT2D eigenvalue weighted by atomic mass is 32.1. The molecule has 0 saturated heterocycles. The Labute approximate surface area is 209 Å². The average Bonchev–Trinajstić information content (AvgIpc) is 3.52. The number of hydrogen-bond acceptors (Lipinski definition) is 11. The van der Waals surface area contributed by atoms with E-state index in [4.69, 9.17) is 18.6 Å². The van der Waals surface area contributed by atoms with Gasteiger partial charge in [0.25, 0.3) is 5.91 Å². The van der Waals surface area contributed by atoms with Crippen molar-refractivity contribution in [2.75, 3.05) is 38.6 Å². The van der Waals surface area contributed by atoms with Gasteiger partial charge in [0, 0.05) is 30.6 Å². The number of ether oxygens (including phenoxy) is 3. The molecule has 188 valence electrons. The minimum absolute atomic E-state index is 0.0880. The Morgan fingerprint density at radius 2 is 1.97 bits per heavy atom. The second-order valence-electron chi connectivity index (χ2n) is 7.47. The number of amides is 1. The molecule has 1 amide bonds. The van der Waals surface area contributed by atoms with E-state index in [-0.39, 0.29) is 28.9 Å². The number of methoxy groups -OCH3 is 3. The van der Waals surface area contributed by atoms with E-state index < -0.39 is 17.6 Å². The summed E-state index contributed by atoms with van der Waals surface area (Å²) in [6.45, 7) is 2.11. The monoisotopic (exact) mass is 512 g/mol. The molecule has 0 aliphatic rings. The number of carbonyl (C=O) groups excluding carboxylic acids is 1. The van der Waals surface area contributed by atoms with Gasteiger partial charge < -0.3 is 23.9 Å². The third kappa shape index (κ3) is 5.21. The lowest BCUT2D eigenvalue weighted by Crippen LogP contribution is -2.21. The van der Waals surface area contributed by atoms with Gasteiger partial charge in [-0.2, -0.15) is 5.10 Å². The van der Waals surface area contributed by atoms with Crippen LogP contribution in [0.3, 0.4) is 0 Å². The number of rotatable bonds is 10. The van der Waals surface area contributed by atoms with Crippen molar-refractivity contribution in [1.82, 2.24) is 20.0 Å². The SMILES string of the molecule is COCC(Nc1cc(C(=O)Nc2nnc(-n3nccc3C)s2)oc(=O)c1OC)c1ccccc1OC. The van der Waals surface area contributed by atoms with Gasteiger partial charge in [-0.3, -0.25) is 10.1 Å². The molecular formula is C23H24N6O6S. The van der Waals surface area contributed by atoms with Crippen LogP contribution in [0.15, 0.2) is 51.8 Å². The first-order valence-corrected chi connectivity index (χ1v) is 11.5. The summed E-state index contributed by atoms with van der Waals surface area (Å²) in [5.41, 5.74) is 1.07. The van der Waals surface area contributed by atoms with Crippen LogP contribution in [0.4, 0.5) is 10.8 Å². The van der Waals surface area contributed by atoms with Crippen molar-refractivity contribution < 1.29 is 23.4 Å². The molecule has 36 heavy (non-hydrogen) atoms. The molecular weight excluding hydrogens is 488 g/mol. The van der Waals surface area contributed by atoms with Gasteiger partial charge >= 0.3 is 5.63 Å². The fourth-order valence-electron chi connectivity index (χ4n) is 3.49. The largest absolute Gasteiger partial charge is 0.496 e. The van der Waals surface area contributed by atoms with Crippen molar-refractivity contribution in [2.45, 2.75) is 13.0 Å². The van der Waals surface area contributed by atoms with Crippen molar-refractivity contribution in [3.8, 4) is 16.6 Å². The molecule has 4 aromatic rings. The number of carbonyl (C=O) groups is 1. The number of anilines is 2. The van der Waals surface area contributed by atoms with E-state index in [0.717, 1.165) is 22.6 Å². The number of aromatic nitrogens is 4. The molecule has 0 radical (unpaired) electrons. The highest BCUT2D eigenvalue weighted by molar-refractivity contribution is 7.17. The molecule has 0 fully saturated rings. The average molecular weight is 513 g/mol. The standard InChI is InChI=1S/C23H24N6O6S/c1-13-9-10-24-29(13)23-28-27-22(36-23)26-20(30)18-11-15(19(34-4)21(31)35-18)25-16(12-32-2)14-7-5-6-8-17(14)33-3/h5-11,16,25H,12H2,1-4H3,(H,26,27,30). The highest BCUT2D eigenvalue weighted by Gasteiger charge is 2.23. The molecule has 0 spiro atoms. The first kappa shape index (κ1) is 24.9. The second kappa shape index (κ2) is 11.0. The maximum Gasteiger partial charge on any atom is 0.381 e. The Bertz CT molecular complexity index is 1410. The molecule has 3 aromatic heterocycles. The van der Waals surface area contributed by atoms with E-state index >= 15 is 0 Å². The Hall–Kier alpha value is -4.23. The Morgan fingerprint density at radius 3 is 2.67 bits per heavy atom. The summed E-state index contributed by atoms with van der Waals surface area (Å²) in [6.07, 6.45) is 1.64. The summed E-state index contributed by atoms with van der Waals surface area (Å²) in [5, 5.41) is 18.7. The zero-order valence-electron chi connectivity index (χ0n) is 20.0. The molecule has 2 N–H and O–H groups in total. The number of benzene rings is 1. The van der Waals surface area contributed by atoms with Crippen molar-refractivity contribution in [3.63, 3.8) is 0 Å². The van der Waals surface area contributed by atoms with E-state index in [1.807, 2.05) is 37.3 Å². The van der Waals surface area contributed by atoms with Crippen LogP contribution in [0.25, 0.3) is 5.13 Å². The Morgan fingerprint density at radius 1 is 1.17 bits per heavy atom. The van der Waals surface area contributed by atoms with Gasteiger partial charge in [-0.1, -0.05) is 29.5 Å². The molecule has 12 nitrogen and oxygen atoms in total. The molecule has 0 aliphatic carbocycles. The third-order valence-corrected chi connectivity index (χ3v) is 5.98. The summed E-state index contributed by atoms with van der Waals surface area (Å²) >= 11 is 1.12. The van der Waals surface area contributed by atoms with Crippen LogP contribution in [0.5, 0.6) is 11.5 Å². The molecule has 1 unspecified atom stereocenters. The first-order valence-electron chi connectivity index (χ1n) is 10.7. The van der Waals surface area contributed by atoms with Gasteiger partial charge in [-0.25, -0.2) is 9.48 Å². The lowest BCUT2D eigenvalue weighted by Gasteiger charge is -2.22. The first-order chi connectivity index (χ1) is 17.4. The van der Waals surface area contributed by atoms with Crippen LogP contribution in [-0.2, 0) is 4.74 Å². The second-order valence-corrected chi connectivity index (χ2v) is 8.42. The van der Waals surface area contributed by atoms with Crippen LogP contribution >= 0.6 is 11.3 Å². The summed E-state index contributed by atoms with van der Waals surface area (Å²) in [4.78, 5) is 25.6. The number of nitrogens with zero attached hydrogens (tertiary/aromatic N) is 4. The Kier molecular flexibility index (Phi) is 7.61. The van der Waals surface area contributed by atoms with E-state index in [1.54, 1.807) is 25.1 Å². The zero-order valence-corrected chi connectivity index (χ0v) is 20.8. The maximum absolute atomic E-state index is 12.9. The van der Waals surface area contributed by atoms with E-state index in [9.17, 15) is 9.59 Å². The van der Waals surface area contributed by atoms with Gasteiger partial charge in [-0.05, 0) is 19.1 Å². The van der Waals surface area contributed by atoms with Crippen molar-refractivity contribution in [2.24, 2.45) is 0 Å². The van der Waals surface area contributed by atoms with Crippen molar-refractivity contribution in [3.05, 3.63) is 70.0 Å². The lowest BCUT2D eigenvalue weighted by molar-refractivity contribution is 0.0991. The molecule has 13 heteroatoms. The third-order valence-electron chi connectivity index (χ3n) is 5.16. The van der Waals surface area contributed by atoms with Gasteiger partial charge in [0.2, 0.25) is 16.0 Å². The highest BCUT2D eigenvalue weighted by Crippen LogP contribution is 2.31.